The lowest BCUT2D eigenvalue weighted by atomic mass is 9.73. The first-order chi connectivity index (χ1) is 14.2. The van der Waals surface area contributed by atoms with Crippen molar-refractivity contribution in [2.24, 2.45) is 10.4 Å². The van der Waals surface area contributed by atoms with Gasteiger partial charge in [0.15, 0.2) is 5.96 Å². The number of hydrogen-bond donors (Lipinski definition) is 2. The van der Waals surface area contributed by atoms with Crippen LogP contribution >= 0.6 is 24.0 Å². The van der Waals surface area contributed by atoms with Crippen LogP contribution in [0.5, 0.6) is 0 Å². The van der Waals surface area contributed by atoms with Crippen molar-refractivity contribution >= 4 is 41.7 Å². The number of carbonyl (C=O) groups is 1. The van der Waals surface area contributed by atoms with Crippen LogP contribution in [-0.2, 0) is 6.54 Å². The Kier molecular flexibility index (Phi) is 8.25. The molecule has 2 N–H and O–H groups in total. The fourth-order valence-corrected chi connectivity index (χ4v) is 5.22. The molecule has 166 valence electrons. The number of amides is 2. The van der Waals surface area contributed by atoms with E-state index < -0.39 is 0 Å². The SMILES string of the molecule is CN=C(NCc1cccc(NC(=O)N2CCCC2)c1)N1CCC2(CCCCC2)C1.I. The summed E-state index contributed by atoms with van der Waals surface area (Å²) >= 11 is 0. The second-order valence-corrected chi connectivity index (χ2v) is 8.96. The molecule has 4 rings (SSSR count). The molecule has 2 heterocycles. The van der Waals surface area contributed by atoms with Gasteiger partial charge in [0.05, 0.1) is 0 Å². The minimum absolute atomic E-state index is 0. The summed E-state index contributed by atoms with van der Waals surface area (Å²) in [6.45, 7) is 4.68. The Labute approximate surface area is 197 Å². The third-order valence-electron chi connectivity index (χ3n) is 6.89. The molecule has 0 unspecified atom stereocenters. The number of nitrogens with one attached hydrogen (secondary N) is 2. The minimum Gasteiger partial charge on any atom is -0.352 e. The number of urea groups is 1. The molecule has 2 aliphatic heterocycles. The predicted molar refractivity (Wildman–Crippen MR) is 134 cm³/mol. The van der Waals surface area contributed by atoms with E-state index in [-0.39, 0.29) is 30.0 Å². The van der Waals surface area contributed by atoms with Crippen molar-refractivity contribution in [2.45, 2.75) is 57.9 Å². The van der Waals surface area contributed by atoms with Gasteiger partial charge in [-0.1, -0.05) is 31.4 Å². The summed E-state index contributed by atoms with van der Waals surface area (Å²) < 4.78 is 0. The van der Waals surface area contributed by atoms with Crippen LogP contribution in [0.3, 0.4) is 0 Å². The van der Waals surface area contributed by atoms with E-state index in [4.69, 9.17) is 0 Å². The fourth-order valence-electron chi connectivity index (χ4n) is 5.22. The maximum Gasteiger partial charge on any atom is 0.321 e. The number of aliphatic imine (C=N–C) groups is 1. The predicted octanol–water partition coefficient (Wildman–Crippen LogP) is 4.66. The Balaban J connectivity index is 0.00000256. The van der Waals surface area contributed by atoms with E-state index in [9.17, 15) is 4.79 Å². The zero-order chi connectivity index (χ0) is 20.1. The number of benzene rings is 1. The molecule has 7 heteroatoms. The topological polar surface area (TPSA) is 60.0 Å². The molecule has 0 radical (unpaired) electrons. The highest BCUT2D eigenvalue weighted by molar-refractivity contribution is 14.0. The summed E-state index contributed by atoms with van der Waals surface area (Å²) in [4.78, 5) is 21.2. The molecule has 0 aromatic heterocycles. The summed E-state index contributed by atoms with van der Waals surface area (Å²) in [7, 11) is 1.88. The zero-order valence-corrected chi connectivity index (χ0v) is 20.5. The molecule has 30 heavy (non-hydrogen) atoms. The van der Waals surface area contributed by atoms with Crippen LogP contribution in [-0.4, -0.2) is 55.0 Å². The van der Waals surface area contributed by atoms with Gasteiger partial charge in [0, 0.05) is 45.5 Å². The van der Waals surface area contributed by atoms with Crippen molar-refractivity contribution < 1.29 is 4.79 Å². The van der Waals surface area contributed by atoms with Gasteiger partial charge in [-0.25, -0.2) is 4.79 Å². The Morgan fingerprint density at radius 2 is 1.80 bits per heavy atom. The van der Waals surface area contributed by atoms with Gasteiger partial charge in [-0.2, -0.15) is 0 Å². The maximum absolute atomic E-state index is 12.3. The Bertz CT molecular complexity index is 741. The van der Waals surface area contributed by atoms with Gasteiger partial charge in [0.1, 0.15) is 0 Å². The second-order valence-electron chi connectivity index (χ2n) is 8.96. The highest BCUT2D eigenvalue weighted by Crippen LogP contribution is 2.43. The Morgan fingerprint density at radius 1 is 1.03 bits per heavy atom. The first-order valence-electron chi connectivity index (χ1n) is 11.3. The molecule has 6 nitrogen and oxygen atoms in total. The fraction of sp³-hybridized carbons (Fsp3) is 0.652. The van der Waals surface area contributed by atoms with Crippen LogP contribution < -0.4 is 10.6 Å². The molecule has 1 aromatic carbocycles. The van der Waals surface area contributed by atoms with E-state index in [0.29, 0.717) is 12.0 Å². The van der Waals surface area contributed by atoms with Gasteiger partial charge >= 0.3 is 6.03 Å². The molecule has 3 fully saturated rings. The van der Waals surface area contributed by atoms with Gasteiger partial charge in [0.25, 0.3) is 0 Å². The third kappa shape index (κ3) is 5.59. The summed E-state index contributed by atoms with van der Waals surface area (Å²) in [6.07, 6.45) is 10.4. The van der Waals surface area contributed by atoms with Crippen molar-refractivity contribution in [3.8, 4) is 0 Å². The number of rotatable bonds is 3. The number of anilines is 1. The normalized spacial score (nSPS) is 20.9. The molecule has 1 saturated carbocycles. The minimum atomic E-state index is 0. The largest absolute Gasteiger partial charge is 0.352 e. The Morgan fingerprint density at radius 3 is 2.53 bits per heavy atom. The summed E-state index contributed by atoms with van der Waals surface area (Å²) in [5, 5.41) is 6.58. The second kappa shape index (κ2) is 10.7. The smallest absolute Gasteiger partial charge is 0.321 e. The van der Waals surface area contributed by atoms with Gasteiger partial charge in [0.2, 0.25) is 0 Å². The average Bonchev–Trinajstić information content (AvgIpc) is 3.41. The molecule has 1 aliphatic carbocycles. The standard InChI is InChI=1S/C23H35N5O.HI/c1-24-21(28-15-12-23(18-28)10-3-2-4-11-23)25-17-19-8-7-9-20(16-19)26-22(29)27-13-5-6-14-27;/h7-9,16H,2-6,10-15,17-18H2,1H3,(H,24,25)(H,26,29);1H. The quantitative estimate of drug-likeness (QED) is 0.343. The van der Waals surface area contributed by atoms with E-state index >= 15 is 0 Å². The Hall–Kier alpha value is -1.51. The van der Waals surface area contributed by atoms with Gasteiger partial charge in [-0.15, -0.1) is 24.0 Å². The molecule has 2 amide bonds. The van der Waals surface area contributed by atoms with Crippen molar-refractivity contribution in [1.82, 2.24) is 15.1 Å². The summed E-state index contributed by atoms with van der Waals surface area (Å²) in [5.41, 5.74) is 2.53. The van der Waals surface area contributed by atoms with Crippen molar-refractivity contribution in [3.05, 3.63) is 29.8 Å². The molecule has 1 aromatic rings. The maximum atomic E-state index is 12.3. The lowest BCUT2D eigenvalue weighted by molar-refractivity contribution is 0.203. The third-order valence-corrected chi connectivity index (χ3v) is 6.89. The number of nitrogens with zero attached hydrogens (tertiary/aromatic N) is 3. The molecular formula is C23H36IN5O. The first kappa shape index (κ1) is 23.2. The van der Waals surface area contributed by atoms with Crippen molar-refractivity contribution in [1.29, 1.82) is 0 Å². The number of hydrogen-bond acceptors (Lipinski definition) is 2. The van der Waals surface area contributed by atoms with E-state index in [2.05, 4.69) is 32.7 Å². The summed E-state index contributed by atoms with van der Waals surface area (Å²) in [5.74, 6) is 0.999. The van der Waals surface area contributed by atoms with Crippen molar-refractivity contribution in [2.75, 3.05) is 38.5 Å². The number of guanidine groups is 1. The van der Waals surface area contributed by atoms with E-state index in [0.717, 1.165) is 56.2 Å². The van der Waals surface area contributed by atoms with E-state index in [1.807, 2.05) is 24.1 Å². The van der Waals surface area contributed by atoms with Crippen LogP contribution in [0, 0.1) is 5.41 Å². The van der Waals surface area contributed by atoms with Gasteiger partial charge in [-0.3, -0.25) is 4.99 Å². The molecule has 0 atom stereocenters. The molecule has 3 aliphatic rings. The monoisotopic (exact) mass is 525 g/mol. The number of likely N-dealkylation sites (tertiary alicyclic amines) is 2. The zero-order valence-electron chi connectivity index (χ0n) is 18.2. The molecular weight excluding hydrogens is 489 g/mol. The average molecular weight is 525 g/mol. The van der Waals surface area contributed by atoms with Crippen LogP contribution in [0.4, 0.5) is 10.5 Å². The van der Waals surface area contributed by atoms with E-state index in [1.54, 1.807) is 0 Å². The van der Waals surface area contributed by atoms with Crippen molar-refractivity contribution in [3.63, 3.8) is 0 Å². The van der Waals surface area contributed by atoms with Gasteiger partial charge < -0.3 is 20.4 Å². The van der Waals surface area contributed by atoms with Crippen LogP contribution in [0.1, 0.15) is 56.9 Å². The molecule has 0 bridgehead atoms. The van der Waals surface area contributed by atoms with Crippen LogP contribution in [0.15, 0.2) is 29.3 Å². The summed E-state index contributed by atoms with van der Waals surface area (Å²) in [6, 6.07) is 8.13. The molecule has 1 spiro atoms. The number of halogens is 1. The number of carbonyl (C=O) groups excluding carboxylic acids is 1. The van der Waals surface area contributed by atoms with Crippen LogP contribution in [0.2, 0.25) is 0 Å². The van der Waals surface area contributed by atoms with E-state index in [1.165, 1.54) is 38.5 Å². The molecule has 2 saturated heterocycles. The van der Waals surface area contributed by atoms with Crippen LogP contribution in [0.25, 0.3) is 0 Å². The lowest BCUT2D eigenvalue weighted by Crippen LogP contribution is -2.41. The highest BCUT2D eigenvalue weighted by atomic mass is 127. The highest BCUT2D eigenvalue weighted by Gasteiger charge is 2.39. The lowest BCUT2D eigenvalue weighted by Gasteiger charge is -2.33. The first-order valence-corrected chi connectivity index (χ1v) is 11.3. The van der Waals surface area contributed by atoms with Gasteiger partial charge in [-0.05, 0) is 55.2 Å².